The van der Waals surface area contributed by atoms with Crippen molar-refractivity contribution in [2.45, 2.75) is 18.9 Å². The topological polar surface area (TPSA) is 58.1 Å². The van der Waals surface area contributed by atoms with E-state index in [0.29, 0.717) is 5.69 Å². The van der Waals surface area contributed by atoms with Crippen LogP contribution in [0.1, 0.15) is 40.5 Å². The summed E-state index contributed by atoms with van der Waals surface area (Å²) in [5.74, 6) is 0.611. The van der Waals surface area contributed by atoms with Gasteiger partial charge >= 0.3 is 0 Å². The Morgan fingerprint density at radius 1 is 0.815 bits per heavy atom. The van der Waals surface area contributed by atoms with Crippen molar-refractivity contribution in [3.8, 4) is 0 Å². The van der Waals surface area contributed by atoms with Crippen LogP contribution < -0.4 is 10.2 Å². The van der Waals surface area contributed by atoms with Crippen molar-refractivity contribution < 1.29 is 4.79 Å². The summed E-state index contributed by atoms with van der Waals surface area (Å²) in [5.41, 5.74) is 2.38. The van der Waals surface area contributed by atoms with Gasteiger partial charge in [-0.2, -0.15) is 0 Å². The predicted molar refractivity (Wildman–Crippen MR) is 106 cm³/mol. The van der Waals surface area contributed by atoms with Gasteiger partial charge in [0.05, 0.1) is 6.04 Å². The predicted octanol–water partition coefficient (Wildman–Crippen LogP) is 3.60. The van der Waals surface area contributed by atoms with Crippen LogP contribution in [0.4, 0.5) is 5.82 Å². The Hall–Kier alpha value is -3.21. The molecule has 1 aliphatic heterocycles. The average molecular weight is 358 g/mol. The molecule has 0 atom stereocenters. The molecule has 4 rings (SSSR count). The maximum Gasteiger partial charge on any atom is 0.272 e. The molecule has 27 heavy (non-hydrogen) atoms. The highest BCUT2D eigenvalue weighted by molar-refractivity contribution is 5.92. The summed E-state index contributed by atoms with van der Waals surface area (Å²) >= 11 is 0. The minimum Gasteiger partial charge on any atom is -0.355 e. The third-order valence-corrected chi connectivity index (χ3v) is 4.85. The van der Waals surface area contributed by atoms with E-state index in [9.17, 15) is 4.79 Å². The first-order valence-corrected chi connectivity index (χ1v) is 9.31. The summed E-state index contributed by atoms with van der Waals surface area (Å²) in [5, 5.41) is 11.5. The molecule has 1 aromatic heterocycles. The number of hydrogen-bond donors (Lipinski definition) is 1. The van der Waals surface area contributed by atoms with Gasteiger partial charge in [0.1, 0.15) is 0 Å². The summed E-state index contributed by atoms with van der Waals surface area (Å²) in [6, 6.07) is 23.3. The highest BCUT2D eigenvalue weighted by Crippen LogP contribution is 2.22. The molecule has 2 aromatic carbocycles. The Morgan fingerprint density at radius 3 is 1.93 bits per heavy atom. The van der Waals surface area contributed by atoms with Gasteiger partial charge < -0.3 is 10.2 Å². The zero-order valence-electron chi connectivity index (χ0n) is 15.1. The molecule has 0 aliphatic carbocycles. The van der Waals surface area contributed by atoms with E-state index in [4.69, 9.17) is 0 Å². The fraction of sp³-hybridized carbons (Fsp3) is 0.227. The average Bonchev–Trinajstić information content (AvgIpc) is 3.28. The molecular formula is C22H22N4O. The van der Waals surface area contributed by atoms with Crippen LogP contribution in [-0.2, 0) is 0 Å². The first-order chi connectivity index (χ1) is 13.3. The maximum absolute atomic E-state index is 12.8. The second kappa shape index (κ2) is 7.99. The monoisotopic (exact) mass is 358 g/mol. The number of amides is 1. The molecule has 0 saturated carbocycles. The molecule has 3 aromatic rings. The van der Waals surface area contributed by atoms with E-state index in [1.807, 2.05) is 66.7 Å². The van der Waals surface area contributed by atoms with Crippen LogP contribution in [0.2, 0.25) is 0 Å². The second-order valence-electron chi connectivity index (χ2n) is 6.70. The van der Waals surface area contributed by atoms with Crippen LogP contribution in [0.5, 0.6) is 0 Å². The molecule has 2 heterocycles. The second-order valence-corrected chi connectivity index (χ2v) is 6.70. The van der Waals surface area contributed by atoms with Crippen molar-refractivity contribution in [3.05, 3.63) is 89.6 Å². The maximum atomic E-state index is 12.8. The number of carbonyl (C=O) groups is 1. The largest absolute Gasteiger partial charge is 0.355 e. The van der Waals surface area contributed by atoms with Crippen molar-refractivity contribution >= 4 is 11.7 Å². The molecule has 1 aliphatic rings. The van der Waals surface area contributed by atoms with E-state index in [-0.39, 0.29) is 11.9 Å². The van der Waals surface area contributed by atoms with Crippen LogP contribution in [-0.4, -0.2) is 29.2 Å². The van der Waals surface area contributed by atoms with Crippen molar-refractivity contribution in [2.75, 3.05) is 18.0 Å². The Balaban J connectivity index is 1.55. The van der Waals surface area contributed by atoms with Crippen molar-refractivity contribution in [3.63, 3.8) is 0 Å². The lowest BCUT2D eigenvalue weighted by Gasteiger charge is -2.20. The summed E-state index contributed by atoms with van der Waals surface area (Å²) in [6.07, 6.45) is 2.36. The number of benzene rings is 2. The van der Waals surface area contributed by atoms with Crippen LogP contribution in [0.3, 0.4) is 0 Å². The highest BCUT2D eigenvalue weighted by Gasteiger charge is 2.19. The van der Waals surface area contributed by atoms with Crippen LogP contribution >= 0.6 is 0 Å². The Kier molecular flexibility index (Phi) is 5.10. The summed E-state index contributed by atoms with van der Waals surface area (Å²) in [6.45, 7) is 2.01. The SMILES string of the molecule is O=C(NC(c1ccccc1)c1ccccc1)c1ccc(N2CCCC2)nn1. The number of hydrogen-bond acceptors (Lipinski definition) is 4. The quantitative estimate of drug-likeness (QED) is 0.757. The van der Waals surface area contributed by atoms with Crippen molar-refractivity contribution in [1.82, 2.24) is 15.5 Å². The molecule has 1 amide bonds. The molecule has 5 heteroatoms. The first kappa shape index (κ1) is 17.2. The smallest absolute Gasteiger partial charge is 0.272 e. The van der Waals surface area contributed by atoms with Gasteiger partial charge in [-0.3, -0.25) is 4.79 Å². The third-order valence-electron chi connectivity index (χ3n) is 4.85. The molecular weight excluding hydrogens is 336 g/mol. The number of aromatic nitrogens is 2. The molecule has 0 unspecified atom stereocenters. The van der Waals surface area contributed by atoms with E-state index in [2.05, 4.69) is 20.4 Å². The highest BCUT2D eigenvalue weighted by atomic mass is 16.2. The molecule has 5 nitrogen and oxygen atoms in total. The molecule has 0 bridgehead atoms. The lowest BCUT2D eigenvalue weighted by Crippen LogP contribution is -2.30. The minimum atomic E-state index is -0.236. The van der Waals surface area contributed by atoms with E-state index in [0.717, 1.165) is 30.0 Å². The fourth-order valence-electron chi connectivity index (χ4n) is 3.42. The number of rotatable bonds is 5. The van der Waals surface area contributed by atoms with Gasteiger partial charge in [-0.15, -0.1) is 10.2 Å². The zero-order valence-corrected chi connectivity index (χ0v) is 15.1. The molecule has 1 N–H and O–H groups in total. The summed E-state index contributed by atoms with van der Waals surface area (Å²) in [4.78, 5) is 15.0. The van der Waals surface area contributed by atoms with Gasteiger partial charge in [0, 0.05) is 13.1 Å². The number of anilines is 1. The lowest BCUT2D eigenvalue weighted by molar-refractivity contribution is 0.0937. The van der Waals surface area contributed by atoms with E-state index < -0.39 is 0 Å². The van der Waals surface area contributed by atoms with Gasteiger partial charge in [0.25, 0.3) is 5.91 Å². The van der Waals surface area contributed by atoms with Crippen LogP contribution in [0.15, 0.2) is 72.8 Å². The van der Waals surface area contributed by atoms with E-state index in [1.165, 1.54) is 12.8 Å². The summed E-state index contributed by atoms with van der Waals surface area (Å²) in [7, 11) is 0. The normalized spacial score (nSPS) is 13.7. The van der Waals surface area contributed by atoms with Gasteiger partial charge in [-0.1, -0.05) is 60.7 Å². The van der Waals surface area contributed by atoms with Gasteiger partial charge in [0.2, 0.25) is 0 Å². The number of nitrogens with one attached hydrogen (secondary N) is 1. The number of carbonyl (C=O) groups excluding carboxylic acids is 1. The minimum absolute atomic E-state index is 0.229. The van der Waals surface area contributed by atoms with Crippen LogP contribution in [0, 0.1) is 0 Å². The van der Waals surface area contributed by atoms with E-state index in [1.54, 1.807) is 6.07 Å². The van der Waals surface area contributed by atoms with Crippen molar-refractivity contribution in [2.24, 2.45) is 0 Å². The Morgan fingerprint density at radius 2 is 1.41 bits per heavy atom. The standard InChI is InChI=1S/C22H22N4O/c27-22(19-13-14-20(25-24-19)26-15-7-8-16-26)23-21(17-9-3-1-4-10-17)18-11-5-2-6-12-18/h1-6,9-14,21H,7-8,15-16H2,(H,23,27). The lowest BCUT2D eigenvalue weighted by atomic mass is 9.98. The molecule has 1 fully saturated rings. The number of nitrogens with zero attached hydrogens (tertiary/aromatic N) is 3. The van der Waals surface area contributed by atoms with E-state index >= 15 is 0 Å². The summed E-state index contributed by atoms with van der Waals surface area (Å²) < 4.78 is 0. The van der Waals surface area contributed by atoms with Gasteiger partial charge in [-0.05, 0) is 36.1 Å². The Bertz CT molecular complexity index is 836. The molecule has 0 radical (unpaired) electrons. The fourth-order valence-corrected chi connectivity index (χ4v) is 3.42. The van der Waals surface area contributed by atoms with Gasteiger partial charge in [-0.25, -0.2) is 0 Å². The van der Waals surface area contributed by atoms with Crippen molar-refractivity contribution in [1.29, 1.82) is 0 Å². The molecule has 0 spiro atoms. The Labute approximate surface area is 159 Å². The first-order valence-electron chi connectivity index (χ1n) is 9.31. The molecule has 1 saturated heterocycles. The third kappa shape index (κ3) is 3.97. The van der Waals surface area contributed by atoms with Crippen LogP contribution in [0.25, 0.3) is 0 Å². The molecule has 136 valence electrons. The zero-order chi connectivity index (χ0) is 18.5. The van der Waals surface area contributed by atoms with Gasteiger partial charge in [0.15, 0.2) is 11.5 Å².